The van der Waals surface area contributed by atoms with Crippen LogP contribution in [0.2, 0.25) is 0 Å². The Labute approximate surface area is 170 Å². The molecule has 1 saturated carbocycles. The molecular formula is C21H29N5OS. The van der Waals surface area contributed by atoms with Gasteiger partial charge in [-0.3, -0.25) is 9.69 Å². The summed E-state index contributed by atoms with van der Waals surface area (Å²) in [5.41, 5.74) is 1.49. The summed E-state index contributed by atoms with van der Waals surface area (Å²) in [7, 11) is 0. The van der Waals surface area contributed by atoms with E-state index in [9.17, 15) is 4.79 Å². The first-order chi connectivity index (χ1) is 13.6. The first-order valence-electron chi connectivity index (χ1n) is 10.6. The third-order valence-corrected chi connectivity index (χ3v) is 7.70. The number of hydrogen-bond acceptors (Lipinski definition) is 6. The van der Waals surface area contributed by atoms with Gasteiger partial charge < -0.3 is 10.2 Å². The van der Waals surface area contributed by atoms with Gasteiger partial charge >= 0.3 is 0 Å². The van der Waals surface area contributed by atoms with Crippen molar-refractivity contribution < 1.29 is 4.79 Å². The fraction of sp³-hybridized carbons (Fsp3) is 0.667. The Morgan fingerprint density at radius 1 is 1.21 bits per heavy atom. The van der Waals surface area contributed by atoms with Crippen LogP contribution in [0.15, 0.2) is 6.33 Å². The molecule has 3 aliphatic rings. The standard InChI is InChI=1S/C21H29N5OS/c1-13-3-6-16-17(11-13)28-21-18(16)19(22-12-23-21)26-9-7-25(8-10-26)14(2)20(27)24-15-4-5-15/h12-15H,3-11H2,1-2H3,(H,24,27)/t13-,14-/m0/s1. The van der Waals surface area contributed by atoms with Crippen LogP contribution in [0.25, 0.3) is 10.2 Å². The minimum absolute atomic E-state index is 0.0523. The number of rotatable bonds is 4. The molecule has 0 bridgehead atoms. The molecule has 0 aromatic carbocycles. The molecule has 1 saturated heterocycles. The Balaban J connectivity index is 1.32. The molecule has 28 heavy (non-hydrogen) atoms. The topological polar surface area (TPSA) is 61.4 Å². The fourth-order valence-corrected chi connectivity index (χ4v) is 5.88. The molecule has 2 fully saturated rings. The summed E-state index contributed by atoms with van der Waals surface area (Å²) in [6, 6.07) is 0.376. The number of aryl methyl sites for hydroxylation is 1. The molecular weight excluding hydrogens is 370 g/mol. The Bertz CT molecular complexity index is 884. The van der Waals surface area contributed by atoms with Gasteiger partial charge in [-0.05, 0) is 50.5 Å². The van der Waals surface area contributed by atoms with Crippen molar-refractivity contribution in [2.45, 2.75) is 58.0 Å². The second-order valence-corrected chi connectivity index (χ2v) is 9.79. The maximum atomic E-state index is 12.4. The van der Waals surface area contributed by atoms with Gasteiger partial charge in [0.05, 0.1) is 11.4 Å². The van der Waals surface area contributed by atoms with Crippen molar-refractivity contribution >= 4 is 33.3 Å². The van der Waals surface area contributed by atoms with Crippen LogP contribution in [0.1, 0.15) is 43.6 Å². The summed E-state index contributed by atoms with van der Waals surface area (Å²) in [4.78, 5) is 29.0. The van der Waals surface area contributed by atoms with Crippen LogP contribution < -0.4 is 10.2 Å². The van der Waals surface area contributed by atoms with Gasteiger partial charge in [-0.2, -0.15) is 0 Å². The zero-order valence-electron chi connectivity index (χ0n) is 16.8. The number of piperazine rings is 1. The van der Waals surface area contributed by atoms with Gasteiger partial charge in [-0.25, -0.2) is 9.97 Å². The molecule has 5 rings (SSSR count). The number of nitrogens with zero attached hydrogens (tertiary/aromatic N) is 4. The number of carbonyl (C=O) groups is 1. The van der Waals surface area contributed by atoms with Crippen molar-refractivity contribution in [1.82, 2.24) is 20.2 Å². The maximum absolute atomic E-state index is 12.4. The van der Waals surface area contributed by atoms with E-state index in [1.54, 1.807) is 6.33 Å². The molecule has 2 aromatic rings. The lowest BCUT2D eigenvalue weighted by atomic mass is 9.89. The van der Waals surface area contributed by atoms with E-state index >= 15 is 0 Å². The average molecular weight is 400 g/mol. The van der Waals surface area contributed by atoms with Crippen LogP contribution >= 0.6 is 11.3 Å². The summed E-state index contributed by atoms with van der Waals surface area (Å²) in [5.74, 6) is 2.05. The van der Waals surface area contributed by atoms with E-state index < -0.39 is 0 Å². The largest absolute Gasteiger partial charge is 0.353 e. The average Bonchev–Trinajstić information content (AvgIpc) is 3.44. The van der Waals surface area contributed by atoms with Gasteiger partial charge in [0.1, 0.15) is 17.0 Å². The second-order valence-electron chi connectivity index (χ2n) is 8.71. The minimum atomic E-state index is -0.0523. The molecule has 6 nitrogen and oxygen atoms in total. The van der Waals surface area contributed by atoms with E-state index in [-0.39, 0.29) is 11.9 Å². The smallest absolute Gasteiger partial charge is 0.237 e. The van der Waals surface area contributed by atoms with Crippen LogP contribution in [0, 0.1) is 5.92 Å². The number of hydrogen-bond donors (Lipinski definition) is 1. The highest BCUT2D eigenvalue weighted by atomic mass is 32.1. The highest BCUT2D eigenvalue weighted by molar-refractivity contribution is 7.19. The van der Waals surface area contributed by atoms with E-state index in [1.165, 1.54) is 28.7 Å². The first-order valence-corrected chi connectivity index (χ1v) is 11.5. The van der Waals surface area contributed by atoms with Crippen molar-refractivity contribution in [2.75, 3.05) is 31.1 Å². The van der Waals surface area contributed by atoms with Gasteiger partial charge in [-0.15, -0.1) is 11.3 Å². The number of anilines is 1. The molecule has 3 heterocycles. The van der Waals surface area contributed by atoms with Crippen molar-refractivity contribution in [1.29, 1.82) is 0 Å². The minimum Gasteiger partial charge on any atom is -0.353 e. The molecule has 1 aliphatic heterocycles. The van der Waals surface area contributed by atoms with Gasteiger partial charge in [-0.1, -0.05) is 6.92 Å². The molecule has 0 radical (unpaired) electrons. The van der Waals surface area contributed by atoms with E-state index in [0.29, 0.717) is 6.04 Å². The highest BCUT2D eigenvalue weighted by Crippen LogP contribution is 2.40. The maximum Gasteiger partial charge on any atom is 0.237 e. The van der Waals surface area contributed by atoms with Crippen molar-refractivity contribution in [2.24, 2.45) is 5.92 Å². The lowest BCUT2D eigenvalue weighted by molar-refractivity contribution is -0.126. The second kappa shape index (κ2) is 7.26. The Morgan fingerprint density at radius 2 is 2.00 bits per heavy atom. The third kappa shape index (κ3) is 3.39. The van der Waals surface area contributed by atoms with Crippen LogP contribution in [-0.4, -0.2) is 59.0 Å². The van der Waals surface area contributed by atoms with E-state index in [1.807, 2.05) is 18.3 Å². The van der Waals surface area contributed by atoms with Crippen molar-refractivity contribution in [3.05, 3.63) is 16.8 Å². The number of aromatic nitrogens is 2. The van der Waals surface area contributed by atoms with E-state index in [0.717, 1.165) is 62.0 Å². The molecule has 0 spiro atoms. The molecule has 2 atom stereocenters. The summed E-state index contributed by atoms with van der Waals surface area (Å²) in [6.45, 7) is 8.00. The molecule has 2 aliphatic carbocycles. The summed E-state index contributed by atoms with van der Waals surface area (Å²) < 4.78 is 0. The zero-order chi connectivity index (χ0) is 19.3. The van der Waals surface area contributed by atoms with E-state index in [4.69, 9.17) is 4.98 Å². The van der Waals surface area contributed by atoms with Gasteiger partial charge in [0.25, 0.3) is 0 Å². The predicted octanol–water partition coefficient (Wildman–Crippen LogP) is 2.61. The van der Waals surface area contributed by atoms with Crippen LogP contribution in [0.3, 0.4) is 0 Å². The van der Waals surface area contributed by atoms with Gasteiger partial charge in [0.15, 0.2) is 0 Å². The number of amides is 1. The monoisotopic (exact) mass is 399 g/mol. The Morgan fingerprint density at radius 3 is 2.75 bits per heavy atom. The molecule has 7 heteroatoms. The molecule has 1 amide bonds. The summed E-state index contributed by atoms with van der Waals surface area (Å²) >= 11 is 1.86. The zero-order valence-corrected chi connectivity index (χ0v) is 17.6. The van der Waals surface area contributed by atoms with Crippen molar-refractivity contribution in [3.63, 3.8) is 0 Å². The summed E-state index contributed by atoms with van der Waals surface area (Å²) in [5, 5.41) is 4.43. The van der Waals surface area contributed by atoms with E-state index in [2.05, 4.69) is 27.0 Å². The number of nitrogens with one attached hydrogen (secondary N) is 1. The highest BCUT2D eigenvalue weighted by Gasteiger charge is 2.31. The lowest BCUT2D eigenvalue weighted by Gasteiger charge is -2.38. The first kappa shape index (κ1) is 18.3. The predicted molar refractivity (Wildman–Crippen MR) is 113 cm³/mol. The molecule has 150 valence electrons. The van der Waals surface area contributed by atoms with Gasteiger partial charge in [0.2, 0.25) is 5.91 Å². The van der Waals surface area contributed by atoms with Crippen LogP contribution in [-0.2, 0) is 17.6 Å². The van der Waals surface area contributed by atoms with Crippen molar-refractivity contribution in [3.8, 4) is 0 Å². The lowest BCUT2D eigenvalue weighted by Crippen LogP contribution is -2.54. The number of thiophene rings is 1. The van der Waals surface area contributed by atoms with Crippen LogP contribution in [0.5, 0.6) is 0 Å². The Hall–Kier alpha value is -1.73. The normalized spacial score (nSPS) is 24.2. The number of carbonyl (C=O) groups excluding carboxylic acids is 1. The molecule has 0 unspecified atom stereocenters. The molecule has 2 aromatic heterocycles. The summed E-state index contributed by atoms with van der Waals surface area (Å²) in [6.07, 6.45) is 7.58. The third-order valence-electron chi connectivity index (χ3n) is 6.54. The number of fused-ring (bicyclic) bond motifs is 3. The van der Waals surface area contributed by atoms with Gasteiger partial charge in [0, 0.05) is 37.1 Å². The quantitative estimate of drug-likeness (QED) is 0.856. The van der Waals surface area contributed by atoms with Crippen LogP contribution in [0.4, 0.5) is 5.82 Å². The Kier molecular flexibility index (Phi) is 4.75. The SMILES string of the molecule is C[C@H]1CCc2c(sc3ncnc(N4CCN([C@@H](C)C(=O)NC5CC5)CC4)c23)C1. The molecule has 1 N–H and O–H groups in total. The fourth-order valence-electron chi connectivity index (χ4n) is 4.53.